The van der Waals surface area contributed by atoms with Gasteiger partial charge in [0.1, 0.15) is 17.6 Å². The van der Waals surface area contributed by atoms with Gasteiger partial charge in [-0.1, -0.05) is 5.16 Å². The summed E-state index contributed by atoms with van der Waals surface area (Å²) in [5, 5.41) is 16.4. The number of ether oxygens (including phenoxy) is 1. The summed E-state index contributed by atoms with van der Waals surface area (Å²) in [6.07, 6.45) is 0. The largest absolute Gasteiger partial charge is 0.497 e. The van der Waals surface area contributed by atoms with Gasteiger partial charge in [-0.15, -0.1) is 0 Å². The van der Waals surface area contributed by atoms with Gasteiger partial charge in [0.25, 0.3) is 0 Å². The van der Waals surface area contributed by atoms with Crippen LogP contribution >= 0.6 is 0 Å². The predicted molar refractivity (Wildman–Crippen MR) is 75.7 cm³/mol. The van der Waals surface area contributed by atoms with E-state index in [1.165, 1.54) is 0 Å². The molecular weight excluding hydrogens is 254 g/mol. The maximum Gasteiger partial charge on any atom is 0.139 e. The highest BCUT2D eigenvalue weighted by Crippen LogP contribution is 2.28. The van der Waals surface area contributed by atoms with Crippen LogP contribution in [0.25, 0.3) is 0 Å². The SMILES string of the molecule is COc1ccc(C#N)c(NC(C)c2c(C)noc2C)c1. The third-order valence-electron chi connectivity index (χ3n) is 3.24. The Kier molecular flexibility index (Phi) is 3.94. The number of hydrogen-bond donors (Lipinski definition) is 1. The molecular formula is C15H17N3O2. The van der Waals surface area contributed by atoms with Crippen LogP contribution in [0.5, 0.6) is 5.75 Å². The zero-order valence-electron chi connectivity index (χ0n) is 12.0. The lowest BCUT2D eigenvalue weighted by Gasteiger charge is -2.16. The van der Waals surface area contributed by atoms with E-state index in [-0.39, 0.29) is 6.04 Å². The molecule has 1 aromatic carbocycles. The van der Waals surface area contributed by atoms with Crippen molar-refractivity contribution >= 4 is 5.69 Å². The van der Waals surface area contributed by atoms with Crippen LogP contribution in [-0.2, 0) is 0 Å². The van der Waals surface area contributed by atoms with E-state index >= 15 is 0 Å². The highest BCUT2D eigenvalue weighted by molar-refractivity contribution is 5.61. The molecule has 0 aliphatic carbocycles. The lowest BCUT2D eigenvalue weighted by Crippen LogP contribution is -2.09. The highest BCUT2D eigenvalue weighted by Gasteiger charge is 2.17. The molecule has 2 aromatic rings. The van der Waals surface area contributed by atoms with Gasteiger partial charge in [-0.05, 0) is 32.9 Å². The van der Waals surface area contributed by atoms with Crippen LogP contribution in [0.1, 0.15) is 35.5 Å². The summed E-state index contributed by atoms with van der Waals surface area (Å²) in [5.74, 6) is 1.49. The molecule has 1 N–H and O–H groups in total. The van der Waals surface area contributed by atoms with Crippen molar-refractivity contribution < 1.29 is 9.26 Å². The molecule has 104 valence electrons. The number of benzene rings is 1. The number of hydrogen-bond acceptors (Lipinski definition) is 5. The van der Waals surface area contributed by atoms with Crippen LogP contribution in [0.4, 0.5) is 5.69 Å². The van der Waals surface area contributed by atoms with E-state index in [1.54, 1.807) is 19.2 Å². The topological polar surface area (TPSA) is 71.1 Å². The second-order valence-corrected chi connectivity index (χ2v) is 4.63. The van der Waals surface area contributed by atoms with Crippen molar-refractivity contribution in [2.24, 2.45) is 0 Å². The summed E-state index contributed by atoms with van der Waals surface area (Å²) >= 11 is 0. The van der Waals surface area contributed by atoms with E-state index in [9.17, 15) is 5.26 Å². The molecule has 0 aliphatic rings. The van der Waals surface area contributed by atoms with Crippen LogP contribution < -0.4 is 10.1 Å². The average Bonchev–Trinajstić information content (AvgIpc) is 2.78. The normalized spacial score (nSPS) is 11.8. The van der Waals surface area contributed by atoms with Crippen molar-refractivity contribution in [3.63, 3.8) is 0 Å². The number of nitrogens with one attached hydrogen (secondary N) is 1. The third-order valence-corrected chi connectivity index (χ3v) is 3.24. The Morgan fingerprint density at radius 3 is 2.70 bits per heavy atom. The number of nitriles is 1. The van der Waals surface area contributed by atoms with Crippen LogP contribution in [-0.4, -0.2) is 12.3 Å². The first-order valence-electron chi connectivity index (χ1n) is 6.34. The summed E-state index contributed by atoms with van der Waals surface area (Å²) in [6.45, 7) is 5.79. The standard InChI is InChI=1S/C15H17N3O2/c1-9(15-10(2)18-20-11(15)3)17-14-7-13(19-4)6-5-12(14)8-16/h5-7,9,17H,1-4H3. The molecule has 0 amide bonds. The zero-order valence-corrected chi connectivity index (χ0v) is 12.0. The minimum Gasteiger partial charge on any atom is -0.497 e. The molecule has 0 spiro atoms. The average molecular weight is 271 g/mol. The number of aryl methyl sites for hydroxylation is 2. The molecule has 1 atom stereocenters. The number of nitrogens with zero attached hydrogens (tertiary/aromatic N) is 2. The van der Waals surface area contributed by atoms with Gasteiger partial charge >= 0.3 is 0 Å². The Morgan fingerprint density at radius 1 is 1.40 bits per heavy atom. The van der Waals surface area contributed by atoms with Crippen LogP contribution in [0, 0.1) is 25.2 Å². The van der Waals surface area contributed by atoms with Gasteiger partial charge in [-0.25, -0.2) is 0 Å². The molecule has 0 saturated heterocycles. The van der Waals surface area contributed by atoms with Gasteiger partial charge in [-0.2, -0.15) is 5.26 Å². The Morgan fingerprint density at radius 2 is 2.15 bits per heavy atom. The van der Waals surface area contributed by atoms with E-state index in [0.717, 1.165) is 22.7 Å². The van der Waals surface area contributed by atoms with Gasteiger partial charge in [0.05, 0.1) is 30.1 Å². The molecule has 2 rings (SSSR count). The van der Waals surface area contributed by atoms with Crippen molar-refractivity contribution in [2.75, 3.05) is 12.4 Å². The molecule has 1 aromatic heterocycles. The number of aromatic nitrogens is 1. The smallest absolute Gasteiger partial charge is 0.139 e. The lowest BCUT2D eigenvalue weighted by atomic mass is 10.1. The molecule has 0 saturated carbocycles. The molecule has 0 fully saturated rings. The first-order chi connectivity index (χ1) is 9.56. The minimum atomic E-state index is -0.0135. The van der Waals surface area contributed by atoms with Crippen LogP contribution in [0.15, 0.2) is 22.7 Å². The van der Waals surface area contributed by atoms with E-state index in [4.69, 9.17) is 9.26 Å². The molecule has 0 aliphatic heterocycles. The Balaban J connectivity index is 2.32. The van der Waals surface area contributed by atoms with Crippen molar-refractivity contribution in [3.8, 4) is 11.8 Å². The number of rotatable bonds is 4. The van der Waals surface area contributed by atoms with Crippen molar-refractivity contribution in [1.82, 2.24) is 5.16 Å². The predicted octanol–water partition coefficient (Wildman–Crippen LogP) is 3.34. The summed E-state index contributed by atoms with van der Waals surface area (Å²) in [5.41, 5.74) is 3.17. The second-order valence-electron chi connectivity index (χ2n) is 4.63. The van der Waals surface area contributed by atoms with Crippen molar-refractivity contribution in [1.29, 1.82) is 5.26 Å². The minimum absolute atomic E-state index is 0.0135. The van der Waals surface area contributed by atoms with E-state index in [1.807, 2.05) is 26.8 Å². The van der Waals surface area contributed by atoms with Gasteiger partial charge in [0.15, 0.2) is 0 Å². The van der Waals surface area contributed by atoms with Gasteiger partial charge in [-0.3, -0.25) is 0 Å². The Bertz CT molecular complexity index is 636. The summed E-state index contributed by atoms with van der Waals surface area (Å²) in [4.78, 5) is 0. The first kappa shape index (κ1) is 13.9. The number of methoxy groups -OCH3 is 1. The molecule has 1 unspecified atom stereocenters. The maximum absolute atomic E-state index is 9.17. The fourth-order valence-corrected chi connectivity index (χ4v) is 2.28. The fourth-order valence-electron chi connectivity index (χ4n) is 2.28. The first-order valence-corrected chi connectivity index (χ1v) is 6.34. The summed E-state index contributed by atoms with van der Waals surface area (Å²) < 4.78 is 10.4. The second kappa shape index (κ2) is 5.66. The summed E-state index contributed by atoms with van der Waals surface area (Å²) in [7, 11) is 1.60. The molecule has 20 heavy (non-hydrogen) atoms. The monoisotopic (exact) mass is 271 g/mol. The molecule has 5 nitrogen and oxygen atoms in total. The molecule has 1 heterocycles. The van der Waals surface area contributed by atoms with Crippen LogP contribution in [0.2, 0.25) is 0 Å². The lowest BCUT2D eigenvalue weighted by molar-refractivity contribution is 0.392. The third kappa shape index (κ3) is 2.59. The van der Waals surface area contributed by atoms with Crippen LogP contribution in [0.3, 0.4) is 0 Å². The van der Waals surface area contributed by atoms with Gasteiger partial charge < -0.3 is 14.6 Å². The Hall–Kier alpha value is -2.48. The quantitative estimate of drug-likeness (QED) is 0.923. The zero-order chi connectivity index (χ0) is 14.7. The van der Waals surface area contributed by atoms with Crippen molar-refractivity contribution in [2.45, 2.75) is 26.8 Å². The van der Waals surface area contributed by atoms with Crippen molar-refractivity contribution in [3.05, 3.63) is 40.8 Å². The molecule has 5 heteroatoms. The Labute approximate surface area is 118 Å². The summed E-state index contributed by atoms with van der Waals surface area (Å²) in [6, 6.07) is 7.47. The van der Waals surface area contributed by atoms with E-state index in [0.29, 0.717) is 11.3 Å². The van der Waals surface area contributed by atoms with Gasteiger partial charge in [0, 0.05) is 11.6 Å². The van der Waals surface area contributed by atoms with E-state index < -0.39 is 0 Å². The molecule has 0 radical (unpaired) electrons. The van der Waals surface area contributed by atoms with E-state index in [2.05, 4.69) is 16.5 Å². The van der Waals surface area contributed by atoms with Gasteiger partial charge in [0.2, 0.25) is 0 Å². The molecule has 0 bridgehead atoms. The maximum atomic E-state index is 9.17. The number of anilines is 1. The fraction of sp³-hybridized carbons (Fsp3) is 0.333. The highest BCUT2D eigenvalue weighted by atomic mass is 16.5.